The molecule has 1 N–H and O–H groups in total. The molecule has 6 heteroatoms. The monoisotopic (exact) mass is 382 g/mol. The highest BCUT2D eigenvalue weighted by Crippen LogP contribution is 2.43. The maximum atomic E-state index is 12.9. The van der Waals surface area contributed by atoms with Gasteiger partial charge in [0.15, 0.2) is 0 Å². The second-order valence-corrected chi connectivity index (χ2v) is 9.18. The highest BCUT2D eigenvalue weighted by Gasteiger charge is 2.39. The molecule has 0 aromatic heterocycles. The van der Waals surface area contributed by atoms with Crippen molar-refractivity contribution in [1.29, 1.82) is 0 Å². The molecule has 5 nitrogen and oxygen atoms in total. The van der Waals surface area contributed by atoms with Crippen molar-refractivity contribution in [2.75, 3.05) is 16.7 Å². The number of anilines is 2. The quantitative estimate of drug-likeness (QED) is 0.803. The summed E-state index contributed by atoms with van der Waals surface area (Å²) in [5.41, 5.74) is 1.09. The van der Waals surface area contributed by atoms with E-state index in [9.17, 15) is 13.2 Å². The van der Waals surface area contributed by atoms with E-state index in [-0.39, 0.29) is 16.7 Å². The fourth-order valence-electron chi connectivity index (χ4n) is 3.99. The van der Waals surface area contributed by atoms with Crippen LogP contribution in [-0.2, 0) is 14.8 Å². The molecular formula is C21H22N2O3S. The molecule has 1 amide bonds. The molecule has 0 aliphatic heterocycles. The van der Waals surface area contributed by atoms with Crippen LogP contribution in [0.3, 0.4) is 0 Å². The van der Waals surface area contributed by atoms with Crippen LogP contribution in [0.1, 0.15) is 12.8 Å². The molecule has 2 aliphatic carbocycles. The minimum Gasteiger partial charge on any atom is -0.326 e. The predicted molar refractivity (Wildman–Crippen MR) is 106 cm³/mol. The molecule has 0 unspecified atom stereocenters. The Balaban J connectivity index is 1.53. The molecule has 2 aliphatic rings. The summed E-state index contributed by atoms with van der Waals surface area (Å²) in [5, 5.41) is 2.90. The molecule has 1 saturated carbocycles. The van der Waals surface area contributed by atoms with E-state index in [0.29, 0.717) is 23.2 Å². The van der Waals surface area contributed by atoms with Gasteiger partial charge in [-0.3, -0.25) is 9.10 Å². The van der Waals surface area contributed by atoms with Gasteiger partial charge in [-0.1, -0.05) is 36.4 Å². The third kappa shape index (κ3) is 3.37. The number of carbonyl (C=O) groups excluding carboxylic acids is 1. The lowest BCUT2D eigenvalue weighted by molar-refractivity contribution is -0.120. The van der Waals surface area contributed by atoms with Crippen LogP contribution in [0.2, 0.25) is 0 Å². The Labute approximate surface area is 159 Å². The molecule has 0 heterocycles. The number of carbonyl (C=O) groups is 1. The van der Waals surface area contributed by atoms with Crippen molar-refractivity contribution < 1.29 is 13.2 Å². The Kier molecular flexibility index (Phi) is 4.52. The number of hydrogen-bond acceptors (Lipinski definition) is 3. The third-order valence-corrected chi connectivity index (χ3v) is 7.28. The number of fused-ring (bicyclic) bond motifs is 2. The van der Waals surface area contributed by atoms with Crippen LogP contribution < -0.4 is 9.62 Å². The molecule has 27 heavy (non-hydrogen) atoms. The van der Waals surface area contributed by atoms with Gasteiger partial charge in [0.2, 0.25) is 5.91 Å². The molecular weight excluding hydrogens is 360 g/mol. The van der Waals surface area contributed by atoms with E-state index in [1.807, 2.05) is 6.07 Å². The molecule has 0 spiro atoms. The summed E-state index contributed by atoms with van der Waals surface area (Å²) in [6.07, 6.45) is 6.26. The van der Waals surface area contributed by atoms with E-state index in [2.05, 4.69) is 17.5 Å². The summed E-state index contributed by atoms with van der Waals surface area (Å²) in [6.45, 7) is 0. The smallest absolute Gasteiger partial charge is 0.264 e. The van der Waals surface area contributed by atoms with Gasteiger partial charge in [0.05, 0.1) is 10.6 Å². The number of amides is 1. The van der Waals surface area contributed by atoms with Crippen LogP contribution in [0.15, 0.2) is 71.6 Å². The van der Waals surface area contributed by atoms with Crippen LogP contribution >= 0.6 is 0 Å². The van der Waals surface area contributed by atoms with Gasteiger partial charge in [0.1, 0.15) is 0 Å². The predicted octanol–water partition coefficient (Wildman–Crippen LogP) is 3.66. The summed E-state index contributed by atoms with van der Waals surface area (Å²) in [6, 6.07) is 15.4. The number of allylic oxidation sites excluding steroid dienone is 2. The molecule has 0 saturated heterocycles. The third-order valence-electron chi connectivity index (χ3n) is 5.50. The number of hydrogen-bond donors (Lipinski definition) is 1. The molecule has 2 bridgehead atoms. The largest absolute Gasteiger partial charge is 0.326 e. The van der Waals surface area contributed by atoms with Crippen molar-refractivity contribution in [3.63, 3.8) is 0 Å². The van der Waals surface area contributed by atoms with Gasteiger partial charge >= 0.3 is 0 Å². The first kappa shape index (κ1) is 17.8. The van der Waals surface area contributed by atoms with Crippen molar-refractivity contribution in [1.82, 2.24) is 0 Å². The van der Waals surface area contributed by atoms with Gasteiger partial charge in [-0.15, -0.1) is 0 Å². The summed E-state index contributed by atoms with van der Waals surface area (Å²) >= 11 is 0. The zero-order valence-corrected chi connectivity index (χ0v) is 15.9. The fourth-order valence-corrected chi connectivity index (χ4v) is 5.23. The highest BCUT2D eigenvalue weighted by molar-refractivity contribution is 7.92. The number of nitrogens with zero attached hydrogens (tertiary/aromatic N) is 1. The minimum atomic E-state index is -3.71. The van der Waals surface area contributed by atoms with Crippen LogP contribution in [0.4, 0.5) is 11.4 Å². The average molecular weight is 382 g/mol. The van der Waals surface area contributed by atoms with Crippen molar-refractivity contribution in [3.05, 3.63) is 66.7 Å². The normalized spacial score (nSPS) is 23.4. The first-order valence-electron chi connectivity index (χ1n) is 9.08. The standard InChI is InChI=1S/C21H22N2O3S/c1-23(18-7-3-2-4-8-18)27(25,26)19-9-5-6-17(14-19)22-21(24)20-13-15-10-11-16(20)12-15/h2-11,14-16,20H,12-13H2,1H3,(H,22,24)/t15-,16-,20-/m0/s1. The molecule has 0 radical (unpaired) electrons. The van der Waals surface area contributed by atoms with Crippen LogP contribution in [0.5, 0.6) is 0 Å². The van der Waals surface area contributed by atoms with Crippen molar-refractivity contribution in [2.45, 2.75) is 17.7 Å². The topological polar surface area (TPSA) is 66.5 Å². The van der Waals surface area contributed by atoms with Crippen molar-refractivity contribution in [2.24, 2.45) is 17.8 Å². The number of rotatable bonds is 5. The second-order valence-electron chi connectivity index (χ2n) is 7.21. The Morgan fingerprint density at radius 3 is 2.48 bits per heavy atom. The van der Waals surface area contributed by atoms with Crippen molar-refractivity contribution in [3.8, 4) is 0 Å². The lowest BCUT2D eigenvalue weighted by atomic mass is 9.93. The van der Waals surface area contributed by atoms with E-state index in [4.69, 9.17) is 0 Å². The van der Waals surface area contributed by atoms with Crippen LogP contribution in [0, 0.1) is 17.8 Å². The van der Waals surface area contributed by atoms with E-state index >= 15 is 0 Å². The van der Waals surface area contributed by atoms with Gasteiger partial charge in [-0.25, -0.2) is 8.42 Å². The summed E-state index contributed by atoms with van der Waals surface area (Å²) in [7, 11) is -2.18. The zero-order valence-electron chi connectivity index (χ0n) is 15.1. The highest BCUT2D eigenvalue weighted by atomic mass is 32.2. The van der Waals surface area contributed by atoms with Gasteiger partial charge in [-0.2, -0.15) is 0 Å². The lowest BCUT2D eigenvalue weighted by Crippen LogP contribution is -2.27. The van der Waals surface area contributed by atoms with Gasteiger partial charge in [-0.05, 0) is 55.0 Å². The van der Waals surface area contributed by atoms with Gasteiger partial charge in [0, 0.05) is 18.7 Å². The molecule has 140 valence electrons. The Morgan fingerprint density at radius 2 is 1.81 bits per heavy atom. The maximum Gasteiger partial charge on any atom is 0.264 e. The molecule has 2 aromatic rings. The number of benzene rings is 2. The van der Waals surface area contributed by atoms with E-state index < -0.39 is 10.0 Å². The van der Waals surface area contributed by atoms with Crippen LogP contribution in [-0.4, -0.2) is 21.4 Å². The second kappa shape index (κ2) is 6.85. The number of para-hydroxylation sites is 1. The SMILES string of the molecule is CN(c1ccccc1)S(=O)(=O)c1cccc(NC(=O)[C@H]2C[C@H]3C=C[C@H]2C3)c1. The Hall–Kier alpha value is -2.60. The van der Waals surface area contributed by atoms with Gasteiger partial charge in [0.25, 0.3) is 10.0 Å². The molecule has 4 rings (SSSR count). The molecule has 1 fully saturated rings. The lowest BCUT2D eigenvalue weighted by Gasteiger charge is -2.20. The summed E-state index contributed by atoms with van der Waals surface area (Å²) in [5.74, 6) is 0.771. The Bertz CT molecular complexity index is 985. The van der Waals surface area contributed by atoms with Crippen LogP contribution in [0.25, 0.3) is 0 Å². The van der Waals surface area contributed by atoms with E-state index in [1.165, 1.54) is 17.4 Å². The summed E-state index contributed by atoms with van der Waals surface area (Å²) < 4.78 is 27.1. The molecule has 3 atom stereocenters. The zero-order chi connectivity index (χ0) is 19.0. The Morgan fingerprint density at radius 1 is 1.04 bits per heavy atom. The first-order valence-corrected chi connectivity index (χ1v) is 10.5. The number of sulfonamides is 1. The fraction of sp³-hybridized carbons (Fsp3) is 0.286. The van der Waals surface area contributed by atoms with E-state index in [0.717, 1.165) is 12.8 Å². The maximum absolute atomic E-state index is 12.9. The molecule has 2 aromatic carbocycles. The van der Waals surface area contributed by atoms with Gasteiger partial charge < -0.3 is 5.32 Å². The minimum absolute atomic E-state index is 0.0211. The van der Waals surface area contributed by atoms with Crippen molar-refractivity contribution >= 4 is 27.3 Å². The first-order chi connectivity index (χ1) is 12.9. The average Bonchev–Trinajstić information content (AvgIpc) is 3.32. The number of nitrogens with one attached hydrogen (secondary N) is 1. The summed E-state index contributed by atoms with van der Waals surface area (Å²) in [4.78, 5) is 12.8. The van der Waals surface area contributed by atoms with E-state index in [1.54, 1.807) is 42.5 Å².